The van der Waals surface area contributed by atoms with E-state index in [4.69, 9.17) is 0 Å². The Kier molecular flexibility index (Phi) is 5.95. The number of amides is 2. The Bertz CT molecular complexity index is 969. The van der Waals surface area contributed by atoms with E-state index in [2.05, 4.69) is 15.3 Å². The topological polar surface area (TPSA) is 70.5 Å². The molecule has 1 N–H and O–H groups in total. The highest BCUT2D eigenvalue weighted by Crippen LogP contribution is 2.29. The van der Waals surface area contributed by atoms with Gasteiger partial charge in [0.25, 0.3) is 0 Å². The maximum absolute atomic E-state index is 13.2. The van der Waals surface area contributed by atoms with Gasteiger partial charge in [-0.2, -0.15) is 5.10 Å². The summed E-state index contributed by atoms with van der Waals surface area (Å²) in [6, 6.07) is 5.42. The number of piperazine rings is 2. The maximum atomic E-state index is 13.2. The van der Waals surface area contributed by atoms with Gasteiger partial charge in [-0.3, -0.25) is 14.5 Å². The maximum Gasteiger partial charge on any atom is 0.245 e. The molecule has 3 heterocycles. The molecule has 3 aliphatic rings. The van der Waals surface area contributed by atoms with Crippen LogP contribution in [0.25, 0.3) is 5.69 Å². The molecule has 2 aliphatic heterocycles. The van der Waals surface area contributed by atoms with Gasteiger partial charge in [-0.25, -0.2) is 9.07 Å². The first-order valence-electron chi connectivity index (χ1n) is 11.7. The molecule has 2 amide bonds. The second-order valence-corrected chi connectivity index (χ2v) is 9.35. The van der Waals surface area contributed by atoms with E-state index in [1.54, 1.807) is 27.9 Å². The number of hydrogen-bond donors (Lipinski definition) is 1. The molecule has 32 heavy (non-hydrogen) atoms. The zero-order valence-corrected chi connectivity index (χ0v) is 18.3. The number of halogens is 1. The van der Waals surface area contributed by atoms with Crippen LogP contribution in [0.1, 0.15) is 44.1 Å². The summed E-state index contributed by atoms with van der Waals surface area (Å²) in [4.78, 5) is 29.9. The van der Waals surface area contributed by atoms with E-state index in [0.717, 1.165) is 24.2 Å². The lowest BCUT2D eigenvalue weighted by Crippen LogP contribution is -2.69. The van der Waals surface area contributed by atoms with Crippen LogP contribution in [0.5, 0.6) is 0 Å². The zero-order valence-electron chi connectivity index (χ0n) is 18.3. The number of carbonyl (C=O) groups is 2. The van der Waals surface area contributed by atoms with E-state index in [9.17, 15) is 14.0 Å². The third-order valence-corrected chi connectivity index (χ3v) is 7.09. The molecule has 2 aromatic rings. The van der Waals surface area contributed by atoms with Gasteiger partial charge in [-0.1, -0.05) is 32.1 Å². The lowest BCUT2D eigenvalue weighted by Gasteiger charge is -2.45. The van der Waals surface area contributed by atoms with Crippen LogP contribution in [0.3, 0.4) is 0 Å². The van der Waals surface area contributed by atoms with Gasteiger partial charge in [-0.15, -0.1) is 0 Å². The summed E-state index contributed by atoms with van der Waals surface area (Å²) in [6.07, 6.45) is 10.6. The van der Waals surface area contributed by atoms with Crippen LogP contribution < -0.4 is 5.32 Å². The first-order chi connectivity index (χ1) is 15.6. The average Bonchev–Trinajstić information content (AvgIpc) is 3.27. The summed E-state index contributed by atoms with van der Waals surface area (Å²) in [7, 11) is 0. The Morgan fingerprint density at radius 2 is 1.84 bits per heavy atom. The highest BCUT2D eigenvalue weighted by molar-refractivity contribution is 5.97. The fraction of sp³-hybridized carbons (Fsp3) is 0.542. The van der Waals surface area contributed by atoms with Gasteiger partial charge in [0.05, 0.1) is 11.9 Å². The van der Waals surface area contributed by atoms with Crippen LogP contribution in [-0.4, -0.2) is 63.1 Å². The molecule has 5 rings (SSSR count). The molecular formula is C24H30FN5O2. The van der Waals surface area contributed by atoms with Gasteiger partial charge < -0.3 is 10.2 Å². The minimum atomic E-state index is -0.425. The lowest BCUT2D eigenvalue weighted by molar-refractivity contribution is -0.153. The van der Waals surface area contributed by atoms with Crippen molar-refractivity contribution < 1.29 is 14.0 Å². The summed E-state index contributed by atoms with van der Waals surface area (Å²) in [6.45, 7) is 2.48. The largest absolute Gasteiger partial charge is 0.342 e. The van der Waals surface area contributed by atoms with Crippen molar-refractivity contribution >= 4 is 11.8 Å². The summed E-state index contributed by atoms with van der Waals surface area (Å²) >= 11 is 0. The first kappa shape index (κ1) is 21.1. The summed E-state index contributed by atoms with van der Waals surface area (Å²) in [5, 5.41) is 7.40. The van der Waals surface area contributed by atoms with Crippen LogP contribution in [-0.2, 0) is 16.1 Å². The minimum Gasteiger partial charge on any atom is -0.342 e. The molecule has 0 unspecified atom stereocenters. The number of aromatic nitrogens is 2. The van der Waals surface area contributed by atoms with E-state index in [-0.39, 0.29) is 23.7 Å². The summed E-state index contributed by atoms with van der Waals surface area (Å²) < 4.78 is 14.9. The minimum absolute atomic E-state index is 0.0304. The number of benzene rings is 1. The Balaban J connectivity index is 1.19. The van der Waals surface area contributed by atoms with E-state index < -0.39 is 6.04 Å². The number of nitrogens with one attached hydrogen (secondary N) is 1. The van der Waals surface area contributed by atoms with Crippen molar-refractivity contribution in [3.63, 3.8) is 0 Å². The SMILES string of the molecule is O=C1N[C@@H](CC2CCCCC2)C(=O)N2CCN(Cc3cnn(-c4ccc(F)cc4)c3)C[C@H]12. The monoisotopic (exact) mass is 439 g/mol. The third kappa shape index (κ3) is 4.41. The van der Waals surface area contributed by atoms with E-state index in [0.29, 0.717) is 25.6 Å². The normalized spacial score (nSPS) is 25.0. The van der Waals surface area contributed by atoms with Gasteiger partial charge in [0.1, 0.15) is 17.9 Å². The fourth-order valence-corrected chi connectivity index (χ4v) is 5.35. The molecule has 8 heteroatoms. The molecule has 0 bridgehead atoms. The Morgan fingerprint density at radius 1 is 1.06 bits per heavy atom. The standard InChI is InChI=1S/C24H30FN5O2/c25-19-6-8-20(9-7-19)30-15-18(13-26-30)14-28-10-11-29-22(16-28)23(31)27-21(24(29)32)12-17-4-2-1-3-5-17/h6-9,13,15,17,21-22H,1-5,10-12,14,16H2,(H,27,31)/t21-,22+/m0/s1. The predicted octanol–water partition coefficient (Wildman–Crippen LogP) is 2.49. The molecule has 2 atom stereocenters. The van der Waals surface area contributed by atoms with Crippen LogP contribution >= 0.6 is 0 Å². The van der Waals surface area contributed by atoms with Crippen LogP contribution in [0.2, 0.25) is 0 Å². The van der Waals surface area contributed by atoms with Crippen molar-refractivity contribution in [2.75, 3.05) is 19.6 Å². The van der Waals surface area contributed by atoms with Crippen molar-refractivity contribution in [1.82, 2.24) is 24.9 Å². The predicted molar refractivity (Wildman–Crippen MR) is 117 cm³/mol. The van der Waals surface area contributed by atoms with Gasteiger partial charge in [-0.05, 0) is 36.6 Å². The van der Waals surface area contributed by atoms with Gasteiger partial charge in [0.15, 0.2) is 0 Å². The second kappa shape index (κ2) is 9.02. The van der Waals surface area contributed by atoms with E-state index in [1.165, 1.54) is 44.2 Å². The van der Waals surface area contributed by atoms with Crippen LogP contribution in [0.4, 0.5) is 4.39 Å². The Labute approximate surface area is 187 Å². The summed E-state index contributed by atoms with van der Waals surface area (Å²) in [5.41, 5.74) is 1.81. The second-order valence-electron chi connectivity index (χ2n) is 9.35. The zero-order chi connectivity index (χ0) is 22.1. The molecule has 2 saturated heterocycles. The van der Waals surface area contributed by atoms with Gasteiger partial charge >= 0.3 is 0 Å². The van der Waals surface area contributed by atoms with Crippen LogP contribution in [0, 0.1) is 11.7 Å². The van der Waals surface area contributed by atoms with Crippen molar-refractivity contribution in [3.8, 4) is 5.69 Å². The number of fused-ring (bicyclic) bond motifs is 1. The molecule has 1 saturated carbocycles. The molecule has 170 valence electrons. The number of hydrogen-bond acceptors (Lipinski definition) is 4. The molecule has 1 aromatic heterocycles. The molecule has 7 nitrogen and oxygen atoms in total. The smallest absolute Gasteiger partial charge is 0.245 e. The average molecular weight is 440 g/mol. The van der Waals surface area contributed by atoms with Crippen LogP contribution in [0.15, 0.2) is 36.7 Å². The highest BCUT2D eigenvalue weighted by Gasteiger charge is 2.43. The number of nitrogens with zero attached hydrogens (tertiary/aromatic N) is 4. The fourth-order valence-electron chi connectivity index (χ4n) is 5.35. The van der Waals surface area contributed by atoms with Crippen molar-refractivity contribution in [3.05, 3.63) is 48.0 Å². The van der Waals surface area contributed by atoms with Crippen molar-refractivity contribution in [1.29, 1.82) is 0 Å². The molecule has 3 fully saturated rings. The van der Waals surface area contributed by atoms with Gasteiger partial charge in [0.2, 0.25) is 11.8 Å². The van der Waals surface area contributed by atoms with E-state index >= 15 is 0 Å². The highest BCUT2D eigenvalue weighted by atomic mass is 19.1. The Morgan fingerprint density at radius 3 is 2.62 bits per heavy atom. The quantitative estimate of drug-likeness (QED) is 0.777. The van der Waals surface area contributed by atoms with E-state index in [1.807, 2.05) is 6.20 Å². The van der Waals surface area contributed by atoms with Crippen molar-refractivity contribution in [2.24, 2.45) is 5.92 Å². The molecule has 1 aliphatic carbocycles. The van der Waals surface area contributed by atoms with Crippen molar-refractivity contribution in [2.45, 2.75) is 57.2 Å². The summed E-state index contributed by atoms with van der Waals surface area (Å²) in [5.74, 6) is 0.329. The molecule has 0 spiro atoms. The number of carbonyl (C=O) groups excluding carboxylic acids is 2. The van der Waals surface area contributed by atoms with Gasteiger partial charge in [0, 0.05) is 37.9 Å². The molecular weight excluding hydrogens is 409 g/mol. The third-order valence-electron chi connectivity index (χ3n) is 7.09. The number of rotatable bonds is 5. The Hall–Kier alpha value is -2.74. The molecule has 1 aromatic carbocycles. The lowest BCUT2D eigenvalue weighted by atomic mass is 9.84. The first-order valence-corrected chi connectivity index (χ1v) is 11.7. The molecule has 0 radical (unpaired) electrons.